The fraction of sp³-hybridized carbons (Fsp3) is 0.529. The van der Waals surface area contributed by atoms with Crippen molar-refractivity contribution in [3.05, 3.63) is 43.0 Å². The standard InChI is InChI=1S/C17H24N4O/c1-15(5-14-21-11-2-8-19-21)20-12-6-17(7-13-20)22-16-3-9-18-10-4-16/h2-4,8-11,15,17H,5-7,12-14H2,1H3/t15-/m0/s1. The predicted molar refractivity (Wildman–Crippen MR) is 85.8 cm³/mol. The van der Waals surface area contributed by atoms with Crippen LogP contribution < -0.4 is 4.74 Å². The molecule has 22 heavy (non-hydrogen) atoms. The quantitative estimate of drug-likeness (QED) is 0.822. The minimum absolute atomic E-state index is 0.331. The molecular formula is C17H24N4O. The van der Waals surface area contributed by atoms with E-state index < -0.39 is 0 Å². The zero-order valence-corrected chi connectivity index (χ0v) is 13.1. The van der Waals surface area contributed by atoms with Crippen LogP contribution in [0.3, 0.4) is 0 Å². The number of pyridine rings is 1. The van der Waals surface area contributed by atoms with Crippen LogP contribution >= 0.6 is 0 Å². The Kier molecular flexibility index (Phi) is 5.06. The lowest BCUT2D eigenvalue weighted by atomic mass is 10.0. The first-order chi connectivity index (χ1) is 10.8. The van der Waals surface area contributed by atoms with Gasteiger partial charge in [0.05, 0.1) is 0 Å². The molecule has 1 saturated heterocycles. The number of likely N-dealkylation sites (tertiary alicyclic amines) is 1. The van der Waals surface area contributed by atoms with Gasteiger partial charge in [-0.15, -0.1) is 0 Å². The lowest BCUT2D eigenvalue weighted by Gasteiger charge is -2.36. The summed E-state index contributed by atoms with van der Waals surface area (Å²) in [4.78, 5) is 6.59. The Morgan fingerprint density at radius 3 is 2.68 bits per heavy atom. The molecule has 3 rings (SSSR count). The van der Waals surface area contributed by atoms with Crippen LogP contribution in [0.2, 0.25) is 0 Å². The van der Waals surface area contributed by atoms with Gasteiger partial charge in [0.15, 0.2) is 0 Å². The molecule has 118 valence electrons. The highest BCUT2D eigenvalue weighted by Crippen LogP contribution is 2.20. The Morgan fingerprint density at radius 1 is 1.23 bits per heavy atom. The first kappa shape index (κ1) is 15.0. The van der Waals surface area contributed by atoms with Crippen LogP contribution in [-0.2, 0) is 6.54 Å². The van der Waals surface area contributed by atoms with Crippen molar-refractivity contribution in [1.82, 2.24) is 19.7 Å². The zero-order chi connectivity index (χ0) is 15.2. The number of nitrogens with zero attached hydrogens (tertiary/aromatic N) is 4. The molecule has 0 aromatic carbocycles. The van der Waals surface area contributed by atoms with Crippen molar-refractivity contribution in [2.75, 3.05) is 13.1 Å². The maximum Gasteiger partial charge on any atom is 0.122 e. The van der Waals surface area contributed by atoms with Crippen LogP contribution in [0.25, 0.3) is 0 Å². The minimum Gasteiger partial charge on any atom is -0.490 e. The molecule has 0 saturated carbocycles. The average Bonchev–Trinajstić information content (AvgIpc) is 3.08. The van der Waals surface area contributed by atoms with Crippen LogP contribution in [0.15, 0.2) is 43.0 Å². The number of ether oxygens (including phenoxy) is 1. The molecular weight excluding hydrogens is 276 g/mol. The van der Waals surface area contributed by atoms with Crippen molar-refractivity contribution in [2.24, 2.45) is 0 Å². The lowest BCUT2D eigenvalue weighted by molar-refractivity contribution is 0.0759. The van der Waals surface area contributed by atoms with Gasteiger partial charge in [-0.05, 0) is 44.4 Å². The van der Waals surface area contributed by atoms with Crippen molar-refractivity contribution in [1.29, 1.82) is 0 Å². The second-order valence-corrected chi connectivity index (χ2v) is 5.94. The van der Waals surface area contributed by atoms with E-state index in [1.807, 2.05) is 35.3 Å². The summed E-state index contributed by atoms with van der Waals surface area (Å²) in [5.74, 6) is 0.931. The molecule has 0 amide bonds. The molecule has 3 heterocycles. The van der Waals surface area contributed by atoms with Gasteiger partial charge in [-0.3, -0.25) is 9.67 Å². The van der Waals surface area contributed by atoms with Crippen LogP contribution in [0.1, 0.15) is 26.2 Å². The van der Waals surface area contributed by atoms with Gasteiger partial charge in [0.2, 0.25) is 0 Å². The fourth-order valence-electron chi connectivity index (χ4n) is 2.98. The number of rotatable bonds is 6. The van der Waals surface area contributed by atoms with Gasteiger partial charge < -0.3 is 9.64 Å². The third-order valence-corrected chi connectivity index (χ3v) is 4.39. The summed E-state index contributed by atoms with van der Waals surface area (Å²) >= 11 is 0. The summed E-state index contributed by atoms with van der Waals surface area (Å²) in [5, 5.41) is 4.27. The molecule has 0 unspecified atom stereocenters. The van der Waals surface area contributed by atoms with Crippen LogP contribution in [0.4, 0.5) is 0 Å². The molecule has 1 aliphatic rings. The Labute approximate surface area is 131 Å². The summed E-state index contributed by atoms with van der Waals surface area (Å²) in [6.45, 7) is 5.52. The van der Waals surface area contributed by atoms with E-state index in [9.17, 15) is 0 Å². The van der Waals surface area contributed by atoms with Crippen LogP contribution in [0.5, 0.6) is 5.75 Å². The first-order valence-electron chi connectivity index (χ1n) is 8.09. The Balaban J connectivity index is 1.41. The molecule has 0 N–H and O–H groups in total. The number of hydrogen-bond donors (Lipinski definition) is 0. The van der Waals surface area contributed by atoms with Gasteiger partial charge in [0, 0.05) is 50.5 Å². The molecule has 0 aliphatic carbocycles. The van der Waals surface area contributed by atoms with E-state index in [0.717, 1.165) is 44.6 Å². The average molecular weight is 300 g/mol. The van der Waals surface area contributed by atoms with Crippen molar-refractivity contribution < 1.29 is 4.74 Å². The molecule has 1 atom stereocenters. The molecule has 5 nitrogen and oxygen atoms in total. The first-order valence-corrected chi connectivity index (χ1v) is 8.09. The largest absolute Gasteiger partial charge is 0.490 e. The Bertz CT molecular complexity index is 535. The summed E-state index contributed by atoms with van der Waals surface area (Å²) in [6, 6.07) is 6.43. The van der Waals surface area contributed by atoms with E-state index in [0.29, 0.717) is 12.1 Å². The van der Waals surface area contributed by atoms with Gasteiger partial charge >= 0.3 is 0 Å². The molecule has 1 aliphatic heterocycles. The number of hydrogen-bond acceptors (Lipinski definition) is 4. The SMILES string of the molecule is C[C@@H](CCn1cccn1)N1CCC(Oc2ccncc2)CC1. The summed E-state index contributed by atoms with van der Waals surface area (Å²) in [7, 11) is 0. The topological polar surface area (TPSA) is 43.2 Å². The summed E-state index contributed by atoms with van der Waals surface area (Å²) < 4.78 is 8.03. The van der Waals surface area contributed by atoms with Crippen molar-refractivity contribution >= 4 is 0 Å². The van der Waals surface area contributed by atoms with Crippen molar-refractivity contribution in [3.8, 4) is 5.75 Å². The van der Waals surface area contributed by atoms with Gasteiger partial charge in [-0.2, -0.15) is 5.10 Å². The van der Waals surface area contributed by atoms with Gasteiger partial charge in [-0.25, -0.2) is 0 Å². The van der Waals surface area contributed by atoms with Gasteiger partial charge in [0.25, 0.3) is 0 Å². The normalized spacial score (nSPS) is 18.2. The number of piperidine rings is 1. The van der Waals surface area contributed by atoms with Crippen molar-refractivity contribution in [2.45, 2.75) is 44.9 Å². The fourth-order valence-corrected chi connectivity index (χ4v) is 2.98. The highest BCUT2D eigenvalue weighted by Gasteiger charge is 2.23. The van der Waals surface area contributed by atoms with Crippen molar-refractivity contribution in [3.63, 3.8) is 0 Å². The lowest BCUT2D eigenvalue weighted by Crippen LogP contribution is -2.43. The number of aromatic nitrogens is 3. The molecule has 5 heteroatoms. The second-order valence-electron chi connectivity index (χ2n) is 5.94. The highest BCUT2D eigenvalue weighted by atomic mass is 16.5. The van der Waals surface area contributed by atoms with E-state index in [2.05, 4.69) is 21.9 Å². The number of aryl methyl sites for hydroxylation is 1. The minimum atomic E-state index is 0.331. The summed E-state index contributed by atoms with van der Waals surface area (Å²) in [5.41, 5.74) is 0. The molecule has 0 radical (unpaired) electrons. The van der Waals surface area contributed by atoms with Crippen LogP contribution in [0, 0.1) is 0 Å². The smallest absolute Gasteiger partial charge is 0.122 e. The van der Waals surface area contributed by atoms with Gasteiger partial charge in [0.1, 0.15) is 11.9 Å². The molecule has 0 spiro atoms. The molecule has 2 aromatic rings. The maximum absolute atomic E-state index is 6.02. The van der Waals surface area contributed by atoms with E-state index >= 15 is 0 Å². The zero-order valence-electron chi connectivity index (χ0n) is 13.1. The maximum atomic E-state index is 6.02. The van der Waals surface area contributed by atoms with E-state index in [1.54, 1.807) is 12.4 Å². The molecule has 2 aromatic heterocycles. The predicted octanol–water partition coefficient (Wildman–Crippen LogP) is 2.60. The van der Waals surface area contributed by atoms with E-state index in [4.69, 9.17) is 4.74 Å². The second kappa shape index (κ2) is 7.40. The van der Waals surface area contributed by atoms with E-state index in [-0.39, 0.29) is 0 Å². The third-order valence-electron chi connectivity index (χ3n) is 4.39. The Morgan fingerprint density at radius 2 is 2.00 bits per heavy atom. The highest BCUT2D eigenvalue weighted by molar-refractivity contribution is 5.17. The van der Waals surface area contributed by atoms with Crippen LogP contribution in [-0.4, -0.2) is 44.9 Å². The van der Waals surface area contributed by atoms with Gasteiger partial charge in [-0.1, -0.05) is 0 Å². The molecule has 0 bridgehead atoms. The monoisotopic (exact) mass is 300 g/mol. The summed E-state index contributed by atoms with van der Waals surface area (Å²) in [6.07, 6.45) is 11.1. The Hall–Kier alpha value is -1.88. The third kappa shape index (κ3) is 4.07. The molecule has 1 fully saturated rings. The van der Waals surface area contributed by atoms with E-state index in [1.165, 1.54) is 0 Å².